The van der Waals surface area contributed by atoms with Crippen LogP contribution in [0, 0.1) is 11.3 Å². The molecule has 0 aliphatic heterocycles. The van der Waals surface area contributed by atoms with E-state index in [1.807, 2.05) is 0 Å². The van der Waals surface area contributed by atoms with Gasteiger partial charge in [0.05, 0.1) is 11.1 Å². The number of hydrogen-bond donors (Lipinski definition) is 0. The van der Waals surface area contributed by atoms with E-state index in [4.69, 9.17) is 5.26 Å². The maximum absolute atomic E-state index is 12.2. The Bertz CT molecular complexity index is 439. The molecule has 0 radical (unpaired) electrons. The summed E-state index contributed by atoms with van der Waals surface area (Å²) in [5.74, 6) is 0. The van der Waals surface area contributed by atoms with Crippen molar-refractivity contribution in [3.05, 3.63) is 29.1 Å². The minimum atomic E-state index is -5.21. The van der Waals surface area contributed by atoms with Crippen LogP contribution < -0.4 is 0 Å². The van der Waals surface area contributed by atoms with Crippen LogP contribution in [0.15, 0.2) is 12.3 Å². The van der Waals surface area contributed by atoms with Gasteiger partial charge in [-0.2, -0.15) is 31.6 Å². The van der Waals surface area contributed by atoms with E-state index in [2.05, 4.69) is 4.98 Å². The molecule has 1 rings (SSSR count). The minimum absolute atomic E-state index is 0.121. The third-order valence-electron chi connectivity index (χ3n) is 1.59. The van der Waals surface area contributed by atoms with Gasteiger partial charge in [0.2, 0.25) is 0 Å². The average Bonchev–Trinajstić information content (AvgIpc) is 2.14. The van der Waals surface area contributed by atoms with Crippen molar-refractivity contribution in [1.29, 1.82) is 5.26 Å². The molecule has 0 saturated heterocycles. The summed E-state index contributed by atoms with van der Waals surface area (Å²) in [6.45, 7) is 0. The SMILES string of the molecule is N#Cc1cnc(C(F)(F)F)c(C(F)(F)F)c1. The zero-order valence-corrected chi connectivity index (χ0v) is 7.32. The third kappa shape index (κ3) is 2.42. The van der Waals surface area contributed by atoms with Gasteiger partial charge in [-0.1, -0.05) is 0 Å². The smallest absolute Gasteiger partial charge is 0.250 e. The highest BCUT2D eigenvalue weighted by Gasteiger charge is 2.44. The fourth-order valence-electron chi connectivity index (χ4n) is 0.968. The fourth-order valence-corrected chi connectivity index (χ4v) is 0.968. The Balaban J connectivity index is 3.47. The number of aromatic nitrogens is 1. The average molecular weight is 240 g/mol. The molecule has 0 bridgehead atoms. The summed E-state index contributed by atoms with van der Waals surface area (Å²) in [7, 11) is 0. The maximum Gasteiger partial charge on any atom is 0.433 e. The summed E-state index contributed by atoms with van der Waals surface area (Å²) < 4.78 is 73.2. The first-order valence-electron chi connectivity index (χ1n) is 3.71. The lowest BCUT2D eigenvalue weighted by Gasteiger charge is -2.13. The van der Waals surface area contributed by atoms with E-state index in [0.717, 1.165) is 0 Å². The number of rotatable bonds is 0. The van der Waals surface area contributed by atoms with Crippen LogP contribution in [-0.2, 0) is 12.4 Å². The second-order valence-corrected chi connectivity index (χ2v) is 2.73. The molecule has 0 saturated carbocycles. The Hall–Kier alpha value is -1.78. The Labute approximate surface area is 85.1 Å². The molecule has 0 spiro atoms. The molecular weight excluding hydrogens is 238 g/mol. The van der Waals surface area contributed by atoms with Crippen molar-refractivity contribution in [2.75, 3.05) is 0 Å². The zero-order valence-electron chi connectivity index (χ0n) is 7.32. The highest BCUT2D eigenvalue weighted by Crippen LogP contribution is 2.39. The van der Waals surface area contributed by atoms with Crippen molar-refractivity contribution < 1.29 is 26.3 Å². The number of pyridine rings is 1. The monoisotopic (exact) mass is 240 g/mol. The molecule has 86 valence electrons. The van der Waals surface area contributed by atoms with Gasteiger partial charge >= 0.3 is 12.4 Å². The van der Waals surface area contributed by atoms with E-state index in [0.29, 0.717) is 6.20 Å². The van der Waals surface area contributed by atoms with Gasteiger partial charge < -0.3 is 0 Å². The highest BCUT2D eigenvalue weighted by molar-refractivity contribution is 5.35. The lowest BCUT2D eigenvalue weighted by molar-refractivity contribution is -0.164. The maximum atomic E-state index is 12.2. The Morgan fingerprint density at radius 2 is 1.62 bits per heavy atom. The quantitative estimate of drug-likeness (QED) is 0.653. The number of nitriles is 1. The molecule has 0 unspecified atom stereocenters. The molecule has 0 aromatic carbocycles. The van der Waals surface area contributed by atoms with E-state index in [1.165, 1.54) is 6.07 Å². The lowest BCUT2D eigenvalue weighted by Crippen LogP contribution is -2.18. The standard InChI is InChI=1S/C8H2F6N2/c9-7(10,11)5-1-4(2-15)3-16-6(5)8(12,13)14/h1,3H. The van der Waals surface area contributed by atoms with Crippen molar-refractivity contribution in [2.24, 2.45) is 0 Å². The second kappa shape index (κ2) is 3.66. The topological polar surface area (TPSA) is 36.7 Å². The van der Waals surface area contributed by atoms with Crippen LogP contribution in [0.5, 0.6) is 0 Å². The summed E-state index contributed by atoms with van der Waals surface area (Å²) in [6.07, 6.45) is -9.97. The van der Waals surface area contributed by atoms with Gasteiger partial charge in [0.25, 0.3) is 0 Å². The Morgan fingerprint density at radius 3 is 2.00 bits per heavy atom. The number of halogens is 6. The fraction of sp³-hybridized carbons (Fsp3) is 0.250. The van der Waals surface area contributed by atoms with E-state index >= 15 is 0 Å². The molecule has 1 heterocycles. The van der Waals surface area contributed by atoms with Crippen LogP contribution in [0.1, 0.15) is 16.8 Å². The van der Waals surface area contributed by atoms with Crippen molar-refractivity contribution in [2.45, 2.75) is 12.4 Å². The second-order valence-electron chi connectivity index (χ2n) is 2.73. The Morgan fingerprint density at radius 1 is 1.06 bits per heavy atom. The molecule has 2 nitrogen and oxygen atoms in total. The van der Waals surface area contributed by atoms with Gasteiger partial charge in [0.1, 0.15) is 6.07 Å². The van der Waals surface area contributed by atoms with Gasteiger partial charge in [-0.25, -0.2) is 4.98 Å². The van der Waals surface area contributed by atoms with Crippen molar-refractivity contribution >= 4 is 0 Å². The van der Waals surface area contributed by atoms with Crippen LogP contribution in [0.4, 0.5) is 26.3 Å². The minimum Gasteiger partial charge on any atom is -0.250 e. The molecule has 0 aliphatic rings. The van der Waals surface area contributed by atoms with E-state index in [-0.39, 0.29) is 6.07 Å². The van der Waals surface area contributed by atoms with Crippen molar-refractivity contribution in [3.63, 3.8) is 0 Å². The van der Waals surface area contributed by atoms with Crippen LogP contribution in [-0.4, -0.2) is 4.98 Å². The first-order chi connectivity index (χ1) is 7.16. The Kier molecular flexibility index (Phi) is 2.81. The number of alkyl halides is 6. The zero-order chi connectivity index (χ0) is 12.6. The molecule has 0 amide bonds. The summed E-state index contributed by atoms with van der Waals surface area (Å²) in [4.78, 5) is 2.62. The summed E-state index contributed by atoms with van der Waals surface area (Å²) >= 11 is 0. The van der Waals surface area contributed by atoms with Crippen LogP contribution in [0.25, 0.3) is 0 Å². The van der Waals surface area contributed by atoms with E-state index < -0.39 is 29.2 Å². The van der Waals surface area contributed by atoms with Crippen LogP contribution in [0.2, 0.25) is 0 Å². The normalized spacial score (nSPS) is 12.3. The first kappa shape index (κ1) is 12.3. The van der Waals surface area contributed by atoms with Crippen LogP contribution in [0.3, 0.4) is 0 Å². The van der Waals surface area contributed by atoms with Gasteiger partial charge in [-0.3, -0.25) is 0 Å². The molecule has 0 aliphatic carbocycles. The molecule has 0 atom stereocenters. The highest BCUT2D eigenvalue weighted by atomic mass is 19.4. The predicted octanol–water partition coefficient (Wildman–Crippen LogP) is 2.99. The molecule has 0 N–H and O–H groups in total. The van der Waals surface area contributed by atoms with Crippen molar-refractivity contribution in [1.82, 2.24) is 4.98 Å². The molecule has 1 aromatic rings. The molecule has 1 aromatic heterocycles. The number of nitrogens with zero attached hydrogens (tertiary/aromatic N) is 2. The molecule has 8 heteroatoms. The van der Waals surface area contributed by atoms with Gasteiger partial charge in [-0.15, -0.1) is 0 Å². The van der Waals surface area contributed by atoms with E-state index in [1.54, 1.807) is 0 Å². The van der Waals surface area contributed by atoms with E-state index in [9.17, 15) is 26.3 Å². The lowest BCUT2D eigenvalue weighted by atomic mass is 10.1. The summed E-state index contributed by atoms with van der Waals surface area (Å²) in [5.41, 5.74) is -4.58. The number of hydrogen-bond acceptors (Lipinski definition) is 2. The molecule has 0 fully saturated rings. The van der Waals surface area contributed by atoms with Gasteiger partial charge in [0, 0.05) is 6.20 Å². The van der Waals surface area contributed by atoms with Crippen molar-refractivity contribution in [3.8, 4) is 6.07 Å². The van der Waals surface area contributed by atoms with Gasteiger partial charge in [0.15, 0.2) is 5.69 Å². The van der Waals surface area contributed by atoms with Crippen LogP contribution >= 0.6 is 0 Å². The largest absolute Gasteiger partial charge is 0.433 e. The molecular formula is C8H2F6N2. The van der Waals surface area contributed by atoms with Gasteiger partial charge in [-0.05, 0) is 6.07 Å². The molecule has 16 heavy (non-hydrogen) atoms. The first-order valence-corrected chi connectivity index (χ1v) is 3.71. The summed E-state index contributed by atoms with van der Waals surface area (Å²) in [5, 5.41) is 8.28. The third-order valence-corrected chi connectivity index (χ3v) is 1.59. The summed E-state index contributed by atoms with van der Waals surface area (Å²) in [6, 6.07) is 1.41. The predicted molar refractivity (Wildman–Crippen MR) is 39.0 cm³/mol.